The molecule has 3 aromatic rings. The number of aromatic nitrogens is 1. The fraction of sp³-hybridized carbons (Fsp3) is 0.208. The molecule has 0 aliphatic carbocycles. The number of hydrogen-bond donors (Lipinski definition) is 2. The summed E-state index contributed by atoms with van der Waals surface area (Å²) in [6, 6.07) is 16.4. The lowest BCUT2D eigenvalue weighted by atomic mass is 10.1. The molecule has 0 fully saturated rings. The van der Waals surface area contributed by atoms with E-state index in [2.05, 4.69) is 15.6 Å². The maximum atomic E-state index is 12.6. The molecule has 31 heavy (non-hydrogen) atoms. The van der Waals surface area contributed by atoms with E-state index < -0.39 is 0 Å². The minimum absolute atomic E-state index is 0.164. The van der Waals surface area contributed by atoms with E-state index in [9.17, 15) is 9.59 Å². The van der Waals surface area contributed by atoms with Gasteiger partial charge in [-0.1, -0.05) is 24.3 Å². The molecular weight excluding hydrogens is 394 g/mol. The molecule has 0 saturated carbocycles. The van der Waals surface area contributed by atoms with E-state index in [4.69, 9.17) is 9.47 Å². The number of carbonyl (C=O) groups excluding carboxylic acids is 2. The first kappa shape index (κ1) is 20.4. The van der Waals surface area contributed by atoms with Gasteiger partial charge in [0.25, 0.3) is 5.91 Å². The summed E-state index contributed by atoms with van der Waals surface area (Å²) in [5.41, 5.74) is 2.79. The molecule has 0 bridgehead atoms. The van der Waals surface area contributed by atoms with Crippen molar-refractivity contribution in [1.82, 2.24) is 10.3 Å². The highest BCUT2D eigenvalue weighted by Gasteiger charge is 2.15. The minimum atomic E-state index is -0.258. The maximum absolute atomic E-state index is 12.6. The van der Waals surface area contributed by atoms with Crippen LogP contribution in [0.5, 0.6) is 11.5 Å². The van der Waals surface area contributed by atoms with E-state index in [1.165, 1.54) is 0 Å². The van der Waals surface area contributed by atoms with Crippen LogP contribution in [0.3, 0.4) is 0 Å². The van der Waals surface area contributed by atoms with Gasteiger partial charge >= 0.3 is 0 Å². The Labute approximate surface area is 180 Å². The number of rotatable bonds is 7. The number of hydrogen-bond acceptors (Lipinski definition) is 5. The molecule has 0 saturated heterocycles. The van der Waals surface area contributed by atoms with Crippen molar-refractivity contribution in [2.24, 2.45) is 0 Å². The molecular formula is C24H23N3O4. The Morgan fingerprint density at radius 2 is 1.77 bits per heavy atom. The summed E-state index contributed by atoms with van der Waals surface area (Å²) >= 11 is 0. The van der Waals surface area contributed by atoms with E-state index in [1.807, 2.05) is 30.3 Å². The number of nitrogens with zero attached hydrogens (tertiary/aromatic N) is 1. The normalized spacial score (nSPS) is 12.1. The quantitative estimate of drug-likeness (QED) is 0.615. The minimum Gasteiger partial charge on any atom is -0.486 e. The number of nitrogens with one attached hydrogen (secondary N) is 2. The number of ether oxygens (including phenoxy) is 2. The van der Waals surface area contributed by atoms with Gasteiger partial charge in [0.1, 0.15) is 13.2 Å². The van der Waals surface area contributed by atoms with Crippen LogP contribution in [0.2, 0.25) is 0 Å². The molecule has 2 amide bonds. The van der Waals surface area contributed by atoms with Crippen LogP contribution in [0.25, 0.3) is 0 Å². The lowest BCUT2D eigenvalue weighted by Gasteiger charge is -2.18. The standard InChI is InChI=1S/C24H23N3O4/c28-23(10-8-17-7-9-21-22(14-17)31-13-12-30-21)27-20-6-2-1-5-19(20)24(29)26-16-18-4-3-11-25-15-18/h1-7,9,11,14-15H,8,10,12-13,16H2,(H,26,29)(H,27,28). The molecule has 7 nitrogen and oxygen atoms in total. The van der Waals surface area contributed by atoms with Crippen LogP contribution in [0.4, 0.5) is 5.69 Å². The molecule has 2 N–H and O–H groups in total. The Bertz CT molecular complexity index is 1070. The van der Waals surface area contributed by atoms with Crippen molar-refractivity contribution in [3.05, 3.63) is 83.7 Å². The molecule has 0 unspecified atom stereocenters. The van der Waals surface area contributed by atoms with Gasteiger partial charge in [-0.05, 0) is 47.9 Å². The molecule has 158 valence electrons. The first-order valence-corrected chi connectivity index (χ1v) is 10.1. The number of pyridine rings is 1. The number of carbonyl (C=O) groups is 2. The molecule has 2 heterocycles. The molecule has 0 atom stereocenters. The van der Waals surface area contributed by atoms with Crippen LogP contribution in [-0.4, -0.2) is 30.0 Å². The summed E-state index contributed by atoms with van der Waals surface area (Å²) in [7, 11) is 0. The zero-order valence-electron chi connectivity index (χ0n) is 17.0. The number of aryl methyl sites for hydroxylation is 1. The highest BCUT2D eigenvalue weighted by atomic mass is 16.6. The largest absolute Gasteiger partial charge is 0.486 e. The zero-order valence-corrected chi connectivity index (χ0v) is 17.0. The van der Waals surface area contributed by atoms with E-state index in [1.54, 1.807) is 36.7 Å². The maximum Gasteiger partial charge on any atom is 0.253 e. The summed E-state index contributed by atoms with van der Waals surface area (Å²) in [5, 5.41) is 5.71. The van der Waals surface area contributed by atoms with Gasteiger partial charge in [-0.25, -0.2) is 0 Å². The topological polar surface area (TPSA) is 89.5 Å². The van der Waals surface area contributed by atoms with Crippen LogP contribution in [0, 0.1) is 0 Å². The third-order valence-corrected chi connectivity index (χ3v) is 4.87. The molecule has 1 aromatic heterocycles. The highest BCUT2D eigenvalue weighted by molar-refractivity contribution is 6.03. The summed E-state index contributed by atoms with van der Waals surface area (Å²) in [4.78, 5) is 29.2. The van der Waals surface area contributed by atoms with Gasteiger partial charge in [-0.2, -0.15) is 0 Å². The second-order valence-electron chi connectivity index (χ2n) is 7.12. The van der Waals surface area contributed by atoms with Crippen molar-refractivity contribution in [3.63, 3.8) is 0 Å². The van der Waals surface area contributed by atoms with Gasteiger partial charge in [-0.3, -0.25) is 14.6 Å². The fourth-order valence-corrected chi connectivity index (χ4v) is 3.28. The Morgan fingerprint density at radius 3 is 2.61 bits per heavy atom. The van der Waals surface area contributed by atoms with Crippen molar-refractivity contribution in [2.45, 2.75) is 19.4 Å². The van der Waals surface area contributed by atoms with E-state index in [0.717, 1.165) is 16.9 Å². The molecule has 7 heteroatoms. The second-order valence-corrected chi connectivity index (χ2v) is 7.12. The lowest BCUT2D eigenvalue weighted by molar-refractivity contribution is -0.116. The van der Waals surface area contributed by atoms with Gasteiger partial charge in [0.05, 0.1) is 11.3 Å². The third-order valence-electron chi connectivity index (χ3n) is 4.87. The third kappa shape index (κ3) is 5.39. The Morgan fingerprint density at radius 1 is 0.935 bits per heavy atom. The van der Waals surface area contributed by atoms with Gasteiger partial charge in [0.2, 0.25) is 5.91 Å². The SMILES string of the molecule is O=C(CCc1ccc2c(c1)OCCO2)Nc1ccccc1C(=O)NCc1cccnc1. The van der Waals surface area contributed by atoms with E-state index >= 15 is 0 Å². The predicted octanol–water partition coefficient (Wildman–Crippen LogP) is 3.35. The lowest BCUT2D eigenvalue weighted by Crippen LogP contribution is -2.25. The number of fused-ring (bicyclic) bond motifs is 1. The molecule has 0 radical (unpaired) electrons. The van der Waals surface area contributed by atoms with Gasteiger partial charge < -0.3 is 20.1 Å². The Kier molecular flexibility index (Phi) is 6.42. The number of benzene rings is 2. The van der Waals surface area contributed by atoms with E-state index in [-0.39, 0.29) is 18.2 Å². The number of amides is 2. The smallest absolute Gasteiger partial charge is 0.253 e. The fourth-order valence-electron chi connectivity index (χ4n) is 3.28. The van der Waals surface area contributed by atoms with Crippen molar-refractivity contribution in [3.8, 4) is 11.5 Å². The molecule has 4 rings (SSSR count). The first-order valence-electron chi connectivity index (χ1n) is 10.1. The van der Waals surface area contributed by atoms with Crippen molar-refractivity contribution < 1.29 is 19.1 Å². The molecule has 1 aliphatic heterocycles. The predicted molar refractivity (Wildman–Crippen MR) is 116 cm³/mol. The monoisotopic (exact) mass is 417 g/mol. The summed E-state index contributed by atoms with van der Waals surface area (Å²) in [6.07, 6.45) is 4.22. The molecule has 0 spiro atoms. The second kappa shape index (κ2) is 9.75. The summed E-state index contributed by atoms with van der Waals surface area (Å²) in [5.74, 6) is 1.01. The van der Waals surface area contributed by atoms with Crippen LogP contribution < -0.4 is 20.1 Å². The molecule has 1 aliphatic rings. The Hall–Kier alpha value is -3.87. The van der Waals surface area contributed by atoms with Crippen LogP contribution in [0.15, 0.2) is 67.0 Å². The summed E-state index contributed by atoms with van der Waals surface area (Å²) in [6.45, 7) is 1.43. The van der Waals surface area contributed by atoms with Crippen molar-refractivity contribution in [1.29, 1.82) is 0 Å². The number of para-hydroxylation sites is 1. The van der Waals surface area contributed by atoms with Crippen LogP contribution in [0.1, 0.15) is 27.9 Å². The number of anilines is 1. The van der Waals surface area contributed by atoms with Gasteiger partial charge in [0, 0.05) is 25.4 Å². The highest BCUT2D eigenvalue weighted by Crippen LogP contribution is 2.31. The average Bonchev–Trinajstić information content (AvgIpc) is 2.82. The van der Waals surface area contributed by atoms with Gasteiger partial charge in [-0.15, -0.1) is 0 Å². The molecule has 2 aromatic carbocycles. The Balaban J connectivity index is 1.34. The van der Waals surface area contributed by atoms with Gasteiger partial charge in [0.15, 0.2) is 11.5 Å². The zero-order chi connectivity index (χ0) is 21.5. The van der Waals surface area contributed by atoms with Crippen LogP contribution in [-0.2, 0) is 17.8 Å². The van der Waals surface area contributed by atoms with Crippen molar-refractivity contribution >= 4 is 17.5 Å². The average molecular weight is 417 g/mol. The van der Waals surface area contributed by atoms with Crippen LogP contribution >= 0.6 is 0 Å². The summed E-state index contributed by atoms with van der Waals surface area (Å²) < 4.78 is 11.1. The first-order chi connectivity index (χ1) is 15.2. The van der Waals surface area contributed by atoms with E-state index in [0.29, 0.717) is 43.2 Å². The van der Waals surface area contributed by atoms with Crippen molar-refractivity contribution in [2.75, 3.05) is 18.5 Å².